The van der Waals surface area contributed by atoms with Gasteiger partial charge in [0.25, 0.3) is 5.91 Å². The third-order valence-electron chi connectivity index (χ3n) is 8.35. The van der Waals surface area contributed by atoms with Crippen molar-refractivity contribution in [1.82, 2.24) is 14.9 Å². The van der Waals surface area contributed by atoms with E-state index in [2.05, 4.69) is 15.6 Å². The number of benzene rings is 2. The third kappa shape index (κ3) is 6.90. The van der Waals surface area contributed by atoms with Gasteiger partial charge in [-0.3, -0.25) is 14.4 Å². The van der Waals surface area contributed by atoms with Crippen LogP contribution in [-0.2, 0) is 11.3 Å². The molecule has 0 aliphatic carbocycles. The fraction of sp³-hybridized carbons (Fsp3) is 0.250. The van der Waals surface area contributed by atoms with Gasteiger partial charge in [0, 0.05) is 61.4 Å². The van der Waals surface area contributed by atoms with E-state index in [1.165, 1.54) is 0 Å². The number of rotatable bonds is 7. The first kappa shape index (κ1) is 30.1. The second-order valence-electron chi connectivity index (χ2n) is 11.8. The molecule has 0 radical (unpaired) electrons. The summed E-state index contributed by atoms with van der Waals surface area (Å²) in [5.74, 6) is -0.0555. The molecule has 9 nitrogen and oxygen atoms in total. The van der Waals surface area contributed by atoms with Crippen LogP contribution in [0.3, 0.4) is 0 Å². The molecule has 2 aromatic carbocycles. The predicted octanol–water partition coefficient (Wildman–Crippen LogP) is 4.81. The van der Waals surface area contributed by atoms with E-state index in [4.69, 9.17) is 10.5 Å². The van der Waals surface area contributed by atoms with Crippen molar-refractivity contribution in [3.63, 3.8) is 0 Å². The highest BCUT2D eigenvalue weighted by atomic mass is 16.5. The molecule has 1 saturated heterocycles. The Kier molecular flexibility index (Phi) is 8.64. The van der Waals surface area contributed by atoms with Gasteiger partial charge in [-0.25, -0.2) is 0 Å². The number of nitrogens with one attached hydrogen (secondary N) is 3. The molecule has 0 saturated carbocycles. The Morgan fingerprint density at radius 1 is 0.956 bits per heavy atom. The van der Waals surface area contributed by atoms with Crippen LogP contribution in [0.5, 0.6) is 0 Å². The van der Waals surface area contributed by atoms with Crippen molar-refractivity contribution in [1.29, 1.82) is 0 Å². The highest BCUT2D eigenvalue weighted by molar-refractivity contribution is 6.04. The average molecular weight is 604 g/mol. The number of carbonyl (C=O) groups is 1. The maximum atomic E-state index is 13.7. The fourth-order valence-electron chi connectivity index (χ4n) is 5.86. The number of aryl methyl sites for hydroxylation is 2. The second-order valence-corrected chi connectivity index (χ2v) is 11.8. The summed E-state index contributed by atoms with van der Waals surface area (Å²) in [5, 5.41) is 6.09. The summed E-state index contributed by atoms with van der Waals surface area (Å²) in [6.07, 6.45) is 8.72. The molecule has 45 heavy (non-hydrogen) atoms. The Hall–Kier alpha value is -4.99. The van der Waals surface area contributed by atoms with E-state index < -0.39 is 12.1 Å². The van der Waals surface area contributed by atoms with Gasteiger partial charge in [0.15, 0.2) is 0 Å². The van der Waals surface area contributed by atoms with E-state index in [0.29, 0.717) is 23.7 Å². The number of hydrogen-bond donors (Lipinski definition) is 4. The summed E-state index contributed by atoms with van der Waals surface area (Å²) >= 11 is 0. The van der Waals surface area contributed by atoms with Gasteiger partial charge in [-0.05, 0) is 84.7 Å². The zero-order valence-electron chi connectivity index (χ0n) is 25.4. The minimum Gasteiger partial charge on any atom is -0.381 e. The number of pyridine rings is 2. The molecule has 9 heteroatoms. The lowest BCUT2D eigenvalue weighted by atomic mass is 9.95. The SMILES string of the molecule is Cc1ccc(-c2cn(CC3CCOCC3)cc(C(=O)Nc3ccc(C4=CC(c5cc(C)[nH]c(=O)c5)=CNC4N)cc3)c2=O)cc1. The second kappa shape index (κ2) is 12.9. The number of ether oxygens (including phenoxy) is 1. The van der Waals surface area contributed by atoms with Gasteiger partial charge in [-0.2, -0.15) is 0 Å². The van der Waals surface area contributed by atoms with Gasteiger partial charge in [0.2, 0.25) is 11.0 Å². The van der Waals surface area contributed by atoms with Gasteiger partial charge in [0.1, 0.15) is 11.7 Å². The van der Waals surface area contributed by atoms with E-state index in [9.17, 15) is 14.4 Å². The highest BCUT2D eigenvalue weighted by Gasteiger charge is 2.21. The Labute approximate surface area is 261 Å². The van der Waals surface area contributed by atoms with E-state index >= 15 is 0 Å². The van der Waals surface area contributed by atoms with Crippen LogP contribution in [-0.4, -0.2) is 34.8 Å². The molecule has 1 fully saturated rings. The topological polar surface area (TPSA) is 131 Å². The van der Waals surface area contributed by atoms with Crippen molar-refractivity contribution in [2.24, 2.45) is 11.7 Å². The number of nitrogens with zero attached hydrogens (tertiary/aromatic N) is 1. The van der Waals surface area contributed by atoms with Crippen LogP contribution in [0.2, 0.25) is 0 Å². The van der Waals surface area contributed by atoms with Gasteiger partial charge in [0.05, 0.1) is 0 Å². The third-order valence-corrected chi connectivity index (χ3v) is 8.35. The number of amides is 1. The summed E-state index contributed by atoms with van der Waals surface area (Å²) < 4.78 is 7.50. The summed E-state index contributed by atoms with van der Waals surface area (Å²) in [7, 11) is 0. The van der Waals surface area contributed by atoms with Crippen LogP contribution < -0.4 is 27.4 Å². The van der Waals surface area contributed by atoms with Crippen LogP contribution in [0.4, 0.5) is 5.69 Å². The number of hydrogen-bond acceptors (Lipinski definition) is 6. The van der Waals surface area contributed by atoms with Gasteiger partial charge in [-0.1, -0.05) is 42.0 Å². The smallest absolute Gasteiger partial charge is 0.261 e. The van der Waals surface area contributed by atoms with Crippen molar-refractivity contribution in [2.75, 3.05) is 18.5 Å². The van der Waals surface area contributed by atoms with Gasteiger partial charge >= 0.3 is 0 Å². The van der Waals surface area contributed by atoms with Crippen molar-refractivity contribution >= 4 is 22.7 Å². The van der Waals surface area contributed by atoms with Crippen LogP contribution in [0.25, 0.3) is 22.3 Å². The first-order valence-corrected chi connectivity index (χ1v) is 15.2. The van der Waals surface area contributed by atoms with Crippen molar-refractivity contribution in [3.05, 3.63) is 134 Å². The summed E-state index contributed by atoms with van der Waals surface area (Å²) in [6.45, 7) is 5.99. The Morgan fingerprint density at radius 3 is 2.38 bits per heavy atom. The number of aromatic amines is 1. The molecule has 2 aromatic heterocycles. The standard InChI is InChI=1S/C36H37N5O4/c1-22-3-5-26(6-4-22)31-20-41(19-24-11-13-45-14-12-24)21-32(34(31)43)36(44)40-29-9-7-25(8-10-29)30-16-28(18-38-35(30)37)27-15-23(2)39-33(42)17-27/h3-10,15-18,20-21,24,35,38H,11-14,19,37H2,1-2H3,(H,39,42)(H,40,44). The molecule has 1 atom stereocenters. The van der Waals surface area contributed by atoms with E-state index in [1.807, 2.05) is 73.2 Å². The van der Waals surface area contributed by atoms with Crippen molar-refractivity contribution in [2.45, 2.75) is 39.4 Å². The molecule has 4 heterocycles. The quantitative estimate of drug-likeness (QED) is 0.240. The largest absolute Gasteiger partial charge is 0.381 e. The number of H-pyrrole nitrogens is 1. The Morgan fingerprint density at radius 2 is 1.67 bits per heavy atom. The molecule has 2 aliphatic heterocycles. The molecule has 2 aliphatic rings. The molecular formula is C36H37N5O4. The fourth-order valence-corrected chi connectivity index (χ4v) is 5.86. The summed E-state index contributed by atoms with van der Waals surface area (Å²) in [6, 6.07) is 18.6. The minimum atomic E-state index is -0.465. The molecular weight excluding hydrogens is 566 g/mol. The first-order chi connectivity index (χ1) is 21.7. The Bertz CT molecular complexity index is 1900. The lowest BCUT2D eigenvalue weighted by Crippen LogP contribution is -2.37. The zero-order valence-corrected chi connectivity index (χ0v) is 25.4. The van der Waals surface area contributed by atoms with Gasteiger partial charge in [-0.15, -0.1) is 0 Å². The number of nitrogens with two attached hydrogens (primary N) is 1. The molecule has 230 valence electrons. The number of carbonyl (C=O) groups excluding carboxylic acids is 1. The maximum absolute atomic E-state index is 13.7. The van der Waals surface area contributed by atoms with Crippen LogP contribution in [0.15, 0.2) is 94.9 Å². The molecule has 1 amide bonds. The predicted molar refractivity (Wildman–Crippen MR) is 178 cm³/mol. The number of allylic oxidation sites excluding steroid dienone is 2. The monoisotopic (exact) mass is 603 g/mol. The molecule has 4 aromatic rings. The van der Waals surface area contributed by atoms with Crippen molar-refractivity contribution < 1.29 is 9.53 Å². The van der Waals surface area contributed by atoms with E-state index in [0.717, 1.165) is 65.1 Å². The maximum Gasteiger partial charge on any atom is 0.261 e. The molecule has 0 spiro atoms. The lowest BCUT2D eigenvalue weighted by Gasteiger charge is -2.24. The molecule has 0 bridgehead atoms. The average Bonchev–Trinajstić information content (AvgIpc) is 3.03. The van der Waals surface area contributed by atoms with Crippen LogP contribution >= 0.6 is 0 Å². The molecule has 5 N–H and O–H groups in total. The van der Waals surface area contributed by atoms with Crippen LogP contribution in [0, 0.1) is 19.8 Å². The summed E-state index contributed by atoms with van der Waals surface area (Å²) in [5.41, 5.74) is 13.0. The highest BCUT2D eigenvalue weighted by Crippen LogP contribution is 2.28. The molecule has 6 rings (SSSR count). The van der Waals surface area contributed by atoms with Gasteiger partial charge < -0.3 is 30.7 Å². The van der Waals surface area contributed by atoms with E-state index in [-0.39, 0.29) is 16.6 Å². The van der Waals surface area contributed by atoms with Crippen LogP contribution in [0.1, 0.15) is 45.6 Å². The number of aromatic nitrogens is 2. The van der Waals surface area contributed by atoms with Crippen molar-refractivity contribution in [3.8, 4) is 11.1 Å². The van der Waals surface area contributed by atoms with E-state index in [1.54, 1.807) is 30.6 Å². The molecule has 1 unspecified atom stereocenters. The zero-order chi connectivity index (χ0) is 31.5. The summed E-state index contributed by atoms with van der Waals surface area (Å²) in [4.78, 5) is 42.0. The number of anilines is 1. The minimum absolute atomic E-state index is 0.0911. The lowest BCUT2D eigenvalue weighted by molar-refractivity contribution is 0.0612. The normalized spacial score (nSPS) is 16.8. The first-order valence-electron chi connectivity index (χ1n) is 15.2. The Balaban J connectivity index is 1.26. The number of dihydropyridines is 1.